The molecule has 1 amide bonds. The average molecular weight is 362 g/mol. The zero-order valence-electron chi connectivity index (χ0n) is 14.2. The minimum atomic E-state index is -4.37. The lowest BCUT2D eigenvalue weighted by molar-refractivity contribution is -0.137. The number of carbonyl (C=O) groups excluding carboxylic acids is 1. The standard InChI is InChI=1S/C18H17F3N4O/c1-23(12-13-5-7-14(8-6-13)18(19,20)21)17(26)15-11-22-24(2)16(15)25-9-3-4-10-25/h3-11H,12H2,1-2H3. The van der Waals surface area contributed by atoms with Gasteiger partial charge in [0.05, 0.1) is 11.8 Å². The van der Waals surface area contributed by atoms with Crippen molar-refractivity contribution in [3.05, 3.63) is 71.7 Å². The summed E-state index contributed by atoms with van der Waals surface area (Å²) in [7, 11) is 3.34. The van der Waals surface area contributed by atoms with E-state index in [2.05, 4.69) is 5.10 Å². The Morgan fingerprint density at radius 3 is 2.35 bits per heavy atom. The van der Waals surface area contributed by atoms with Crippen LogP contribution < -0.4 is 0 Å². The molecule has 2 heterocycles. The van der Waals surface area contributed by atoms with E-state index in [0.717, 1.165) is 12.1 Å². The van der Waals surface area contributed by atoms with Gasteiger partial charge in [0.25, 0.3) is 5.91 Å². The van der Waals surface area contributed by atoms with E-state index in [1.807, 2.05) is 24.5 Å². The van der Waals surface area contributed by atoms with Gasteiger partial charge in [0, 0.05) is 33.0 Å². The summed E-state index contributed by atoms with van der Waals surface area (Å²) in [6.07, 6.45) is 0.732. The Morgan fingerprint density at radius 1 is 1.15 bits per heavy atom. The molecule has 8 heteroatoms. The summed E-state index contributed by atoms with van der Waals surface area (Å²) < 4.78 is 41.3. The van der Waals surface area contributed by atoms with Gasteiger partial charge in [0.15, 0.2) is 0 Å². The Hall–Kier alpha value is -3.03. The van der Waals surface area contributed by atoms with Crippen LogP contribution in [-0.4, -0.2) is 32.2 Å². The third kappa shape index (κ3) is 3.49. The van der Waals surface area contributed by atoms with Crippen molar-refractivity contribution in [2.45, 2.75) is 12.7 Å². The number of aryl methyl sites for hydroxylation is 1. The van der Waals surface area contributed by atoms with E-state index in [1.54, 1.807) is 23.3 Å². The van der Waals surface area contributed by atoms with Crippen LogP contribution in [0.25, 0.3) is 5.82 Å². The van der Waals surface area contributed by atoms with Crippen LogP contribution >= 0.6 is 0 Å². The molecule has 3 aromatic rings. The van der Waals surface area contributed by atoms with Gasteiger partial charge in [0.1, 0.15) is 11.4 Å². The van der Waals surface area contributed by atoms with Gasteiger partial charge in [-0.1, -0.05) is 12.1 Å². The molecule has 26 heavy (non-hydrogen) atoms. The predicted molar refractivity (Wildman–Crippen MR) is 89.8 cm³/mol. The molecular formula is C18H17F3N4O. The van der Waals surface area contributed by atoms with Crippen molar-refractivity contribution in [1.29, 1.82) is 0 Å². The number of hydrogen-bond acceptors (Lipinski definition) is 2. The first-order valence-corrected chi connectivity index (χ1v) is 7.84. The number of benzene rings is 1. The molecule has 0 aliphatic heterocycles. The number of amides is 1. The number of carbonyl (C=O) groups is 1. The van der Waals surface area contributed by atoms with Gasteiger partial charge in [-0.3, -0.25) is 9.48 Å². The number of rotatable bonds is 4. The smallest absolute Gasteiger partial charge is 0.337 e. The van der Waals surface area contributed by atoms with E-state index >= 15 is 0 Å². The molecule has 0 saturated carbocycles. The highest BCUT2D eigenvalue weighted by molar-refractivity contribution is 5.96. The minimum Gasteiger partial charge on any atom is -0.337 e. The molecule has 0 atom stereocenters. The molecule has 0 spiro atoms. The molecule has 0 fully saturated rings. The summed E-state index contributed by atoms with van der Waals surface area (Å²) in [5, 5.41) is 4.15. The fraction of sp³-hybridized carbons (Fsp3) is 0.222. The van der Waals surface area contributed by atoms with Crippen molar-refractivity contribution in [3.63, 3.8) is 0 Å². The lowest BCUT2D eigenvalue weighted by Gasteiger charge is -2.18. The summed E-state index contributed by atoms with van der Waals surface area (Å²) in [5.74, 6) is 0.362. The largest absolute Gasteiger partial charge is 0.416 e. The number of aromatic nitrogens is 3. The van der Waals surface area contributed by atoms with Crippen LogP contribution in [0.4, 0.5) is 13.2 Å². The zero-order chi connectivity index (χ0) is 18.9. The Kier molecular flexibility index (Phi) is 4.58. The molecule has 1 aromatic carbocycles. The van der Waals surface area contributed by atoms with Crippen molar-refractivity contribution in [2.24, 2.45) is 7.05 Å². The molecule has 0 aliphatic carbocycles. The molecule has 3 rings (SSSR count). The third-order valence-electron chi connectivity index (χ3n) is 4.03. The van der Waals surface area contributed by atoms with Crippen LogP contribution in [0.2, 0.25) is 0 Å². The highest BCUT2D eigenvalue weighted by atomic mass is 19.4. The summed E-state index contributed by atoms with van der Waals surface area (Å²) >= 11 is 0. The van der Waals surface area contributed by atoms with Crippen molar-refractivity contribution in [2.75, 3.05) is 7.05 Å². The average Bonchev–Trinajstić information content (AvgIpc) is 3.23. The molecule has 0 N–H and O–H groups in total. The van der Waals surface area contributed by atoms with Crippen LogP contribution in [0, 0.1) is 0 Å². The molecule has 0 bridgehead atoms. The van der Waals surface area contributed by atoms with Gasteiger partial charge in [0.2, 0.25) is 0 Å². The second-order valence-electron chi connectivity index (χ2n) is 5.95. The molecule has 0 radical (unpaired) electrons. The van der Waals surface area contributed by atoms with Gasteiger partial charge in [-0.2, -0.15) is 18.3 Å². The third-order valence-corrected chi connectivity index (χ3v) is 4.03. The number of alkyl halides is 3. The Bertz CT molecular complexity index is 896. The normalized spacial score (nSPS) is 11.6. The topological polar surface area (TPSA) is 43.1 Å². The second kappa shape index (κ2) is 6.70. The van der Waals surface area contributed by atoms with Gasteiger partial charge in [-0.25, -0.2) is 0 Å². The molecule has 0 saturated heterocycles. The van der Waals surface area contributed by atoms with Crippen molar-refractivity contribution in [1.82, 2.24) is 19.2 Å². The van der Waals surface area contributed by atoms with Gasteiger partial charge < -0.3 is 9.47 Å². The molecule has 0 aliphatic rings. The molecule has 2 aromatic heterocycles. The van der Waals surface area contributed by atoms with Crippen LogP contribution in [-0.2, 0) is 19.8 Å². The van der Waals surface area contributed by atoms with Gasteiger partial charge >= 0.3 is 6.18 Å². The molecular weight excluding hydrogens is 345 g/mol. The monoisotopic (exact) mass is 362 g/mol. The van der Waals surface area contributed by atoms with Gasteiger partial charge in [-0.15, -0.1) is 0 Å². The number of hydrogen-bond donors (Lipinski definition) is 0. The molecule has 136 valence electrons. The van der Waals surface area contributed by atoms with Crippen molar-refractivity contribution in [3.8, 4) is 5.82 Å². The zero-order valence-corrected chi connectivity index (χ0v) is 14.2. The van der Waals surface area contributed by atoms with Crippen molar-refractivity contribution >= 4 is 5.91 Å². The second-order valence-corrected chi connectivity index (χ2v) is 5.95. The number of nitrogens with zero attached hydrogens (tertiary/aromatic N) is 4. The van der Waals surface area contributed by atoms with Gasteiger partial charge in [-0.05, 0) is 29.8 Å². The van der Waals surface area contributed by atoms with E-state index in [4.69, 9.17) is 0 Å². The summed E-state index contributed by atoms with van der Waals surface area (Å²) in [6, 6.07) is 8.47. The van der Waals surface area contributed by atoms with E-state index in [1.165, 1.54) is 23.2 Å². The maximum Gasteiger partial charge on any atom is 0.416 e. The van der Waals surface area contributed by atoms with Crippen molar-refractivity contribution < 1.29 is 18.0 Å². The fourth-order valence-corrected chi connectivity index (χ4v) is 2.71. The predicted octanol–water partition coefficient (Wildman–Crippen LogP) is 3.50. The quantitative estimate of drug-likeness (QED) is 0.713. The first-order chi connectivity index (χ1) is 12.3. The minimum absolute atomic E-state index is 0.191. The summed E-state index contributed by atoms with van der Waals surface area (Å²) in [6.45, 7) is 0.191. The highest BCUT2D eigenvalue weighted by Gasteiger charge is 2.30. The Labute approximate surface area is 148 Å². The van der Waals surface area contributed by atoms with E-state index < -0.39 is 11.7 Å². The first-order valence-electron chi connectivity index (χ1n) is 7.84. The lowest BCUT2D eigenvalue weighted by Crippen LogP contribution is -2.27. The summed E-state index contributed by atoms with van der Waals surface area (Å²) in [5.41, 5.74) is 0.316. The SMILES string of the molecule is CN(Cc1ccc(C(F)(F)F)cc1)C(=O)c1cnn(C)c1-n1cccc1. The van der Waals surface area contributed by atoms with E-state index in [0.29, 0.717) is 16.9 Å². The lowest BCUT2D eigenvalue weighted by atomic mass is 10.1. The van der Waals surface area contributed by atoms with Crippen LogP contribution in [0.1, 0.15) is 21.5 Å². The first kappa shape index (κ1) is 17.8. The molecule has 0 unspecified atom stereocenters. The maximum absolute atomic E-state index is 12.8. The van der Waals surface area contributed by atoms with Crippen LogP contribution in [0.15, 0.2) is 55.0 Å². The Balaban J connectivity index is 1.79. The van der Waals surface area contributed by atoms with E-state index in [9.17, 15) is 18.0 Å². The number of halogens is 3. The van der Waals surface area contributed by atoms with Crippen LogP contribution in [0.5, 0.6) is 0 Å². The maximum atomic E-state index is 12.8. The van der Waals surface area contributed by atoms with E-state index in [-0.39, 0.29) is 12.5 Å². The van der Waals surface area contributed by atoms with Crippen LogP contribution in [0.3, 0.4) is 0 Å². The Morgan fingerprint density at radius 2 is 1.77 bits per heavy atom. The summed E-state index contributed by atoms with van der Waals surface area (Å²) in [4.78, 5) is 14.2. The highest BCUT2D eigenvalue weighted by Crippen LogP contribution is 2.29. The molecule has 5 nitrogen and oxygen atoms in total. The fourth-order valence-electron chi connectivity index (χ4n) is 2.71.